The van der Waals surface area contributed by atoms with Gasteiger partial charge in [0.25, 0.3) is 5.91 Å². The Bertz CT molecular complexity index is 604. The molecule has 2 N–H and O–H groups in total. The topological polar surface area (TPSA) is 56.0 Å². The summed E-state index contributed by atoms with van der Waals surface area (Å²) in [6.45, 7) is 0. The van der Waals surface area contributed by atoms with Crippen molar-refractivity contribution in [1.29, 1.82) is 0 Å². The number of hydrogen-bond donors (Lipinski definition) is 1. The van der Waals surface area contributed by atoms with Crippen LogP contribution < -0.4 is 5.73 Å². The summed E-state index contributed by atoms with van der Waals surface area (Å²) >= 11 is 1.12. The summed E-state index contributed by atoms with van der Waals surface area (Å²) in [4.78, 5) is 16.0. The van der Waals surface area contributed by atoms with Gasteiger partial charge in [0.05, 0.1) is 5.56 Å². The van der Waals surface area contributed by atoms with Gasteiger partial charge in [0.2, 0.25) is 0 Å². The van der Waals surface area contributed by atoms with Crippen molar-refractivity contribution in [3.05, 3.63) is 53.9 Å². The van der Waals surface area contributed by atoms with Crippen LogP contribution in [0.25, 0.3) is 0 Å². The first kappa shape index (κ1) is 12.5. The number of pyridine rings is 1. The van der Waals surface area contributed by atoms with E-state index < -0.39 is 17.5 Å². The minimum Gasteiger partial charge on any atom is -0.366 e. The number of benzene rings is 1. The van der Waals surface area contributed by atoms with E-state index >= 15 is 0 Å². The van der Waals surface area contributed by atoms with Crippen LogP contribution in [-0.4, -0.2) is 10.9 Å². The maximum atomic E-state index is 13.0. The fraction of sp³-hybridized carbons (Fsp3) is 0. The number of halogens is 2. The van der Waals surface area contributed by atoms with E-state index in [1.54, 1.807) is 6.07 Å². The van der Waals surface area contributed by atoms with Crippen LogP contribution in [0.2, 0.25) is 0 Å². The highest BCUT2D eigenvalue weighted by atomic mass is 32.2. The molecule has 1 amide bonds. The second-order valence-electron chi connectivity index (χ2n) is 3.41. The molecule has 0 saturated carbocycles. The lowest BCUT2D eigenvalue weighted by atomic mass is 10.3. The molecular weight excluding hydrogens is 258 g/mol. The van der Waals surface area contributed by atoms with Crippen molar-refractivity contribution in [2.24, 2.45) is 5.73 Å². The minimum absolute atomic E-state index is 0.243. The summed E-state index contributed by atoms with van der Waals surface area (Å²) in [6, 6.07) is 5.11. The number of nitrogens with two attached hydrogens (primary N) is 1. The van der Waals surface area contributed by atoms with Crippen molar-refractivity contribution in [3.63, 3.8) is 0 Å². The Labute approximate surface area is 106 Å². The van der Waals surface area contributed by atoms with E-state index in [2.05, 4.69) is 4.98 Å². The summed E-state index contributed by atoms with van der Waals surface area (Å²) in [5, 5.41) is 0. The lowest BCUT2D eigenvalue weighted by Gasteiger charge is -2.05. The van der Waals surface area contributed by atoms with Gasteiger partial charge in [-0.15, -0.1) is 0 Å². The van der Waals surface area contributed by atoms with E-state index in [-0.39, 0.29) is 5.56 Å². The van der Waals surface area contributed by atoms with Crippen molar-refractivity contribution in [3.8, 4) is 0 Å². The number of carbonyl (C=O) groups is 1. The third-order valence-corrected chi connectivity index (χ3v) is 3.23. The third kappa shape index (κ3) is 2.65. The van der Waals surface area contributed by atoms with Crippen LogP contribution in [0.15, 0.2) is 46.5 Å². The van der Waals surface area contributed by atoms with Gasteiger partial charge in [0.1, 0.15) is 0 Å². The Morgan fingerprint density at radius 1 is 1.22 bits per heavy atom. The summed E-state index contributed by atoms with van der Waals surface area (Å²) in [6.07, 6.45) is 2.83. The molecule has 0 spiro atoms. The van der Waals surface area contributed by atoms with E-state index in [0.29, 0.717) is 9.79 Å². The number of aromatic nitrogens is 1. The van der Waals surface area contributed by atoms with Crippen molar-refractivity contribution < 1.29 is 13.6 Å². The zero-order valence-electron chi connectivity index (χ0n) is 9.06. The van der Waals surface area contributed by atoms with Gasteiger partial charge in [-0.3, -0.25) is 9.78 Å². The van der Waals surface area contributed by atoms with Crippen LogP contribution in [0, 0.1) is 11.6 Å². The van der Waals surface area contributed by atoms with Crippen molar-refractivity contribution in [2.45, 2.75) is 9.79 Å². The molecule has 92 valence electrons. The number of hydrogen-bond acceptors (Lipinski definition) is 3. The fourth-order valence-electron chi connectivity index (χ4n) is 1.32. The smallest absolute Gasteiger partial charge is 0.251 e. The predicted molar refractivity (Wildman–Crippen MR) is 63.2 cm³/mol. The van der Waals surface area contributed by atoms with Gasteiger partial charge in [-0.1, -0.05) is 11.8 Å². The molecule has 1 aromatic heterocycles. The van der Waals surface area contributed by atoms with E-state index in [4.69, 9.17) is 5.73 Å². The van der Waals surface area contributed by atoms with E-state index in [1.807, 2.05) is 0 Å². The first-order valence-electron chi connectivity index (χ1n) is 4.94. The van der Waals surface area contributed by atoms with Crippen molar-refractivity contribution >= 4 is 17.7 Å². The van der Waals surface area contributed by atoms with Crippen molar-refractivity contribution in [1.82, 2.24) is 4.98 Å². The molecule has 1 aromatic carbocycles. The molecule has 2 rings (SSSR count). The Balaban J connectivity index is 2.34. The lowest BCUT2D eigenvalue weighted by Crippen LogP contribution is -2.12. The van der Waals surface area contributed by atoms with Gasteiger partial charge in [0, 0.05) is 22.2 Å². The van der Waals surface area contributed by atoms with Gasteiger partial charge in [0.15, 0.2) is 11.6 Å². The second-order valence-corrected chi connectivity index (χ2v) is 4.53. The summed E-state index contributed by atoms with van der Waals surface area (Å²) < 4.78 is 25.8. The Morgan fingerprint density at radius 3 is 2.67 bits per heavy atom. The van der Waals surface area contributed by atoms with Gasteiger partial charge in [-0.05, 0) is 24.3 Å². The number of primary amides is 1. The predicted octanol–water partition coefficient (Wildman–Crippen LogP) is 2.61. The van der Waals surface area contributed by atoms with E-state index in [0.717, 1.165) is 23.9 Å². The molecular formula is C12H8F2N2OS. The van der Waals surface area contributed by atoms with Gasteiger partial charge < -0.3 is 5.73 Å². The largest absolute Gasteiger partial charge is 0.366 e. The van der Waals surface area contributed by atoms with Gasteiger partial charge in [-0.25, -0.2) is 8.78 Å². The average Bonchev–Trinajstić information content (AvgIpc) is 2.34. The quantitative estimate of drug-likeness (QED) is 0.929. The molecule has 1 heterocycles. The molecule has 0 atom stereocenters. The fourth-order valence-corrected chi connectivity index (χ4v) is 2.27. The number of carbonyl (C=O) groups excluding carboxylic acids is 1. The van der Waals surface area contributed by atoms with Crippen LogP contribution in [0.5, 0.6) is 0 Å². The standard InChI is InChI=1S/C12H8F2N2OS/c13-9-2-1-7(5-10(9)14)18-11-3-4-16-6-8(11)12(15)17/h1-6H,(H2,15,17). The normalized spacial score (nSPS) is 10.3. The van der Waals surface area contributed by atoms with E-state index in [9.17, 15) is 13.6 Å². The molecule has 18 heavy (non-hydrogen) atoms. The highest BCUT2D eigenvalue weighted by Gasteiger charge is 2.10. The third-order valence-electron chi connectivity index (χ3n) is 2.17. The summed E-state index contributed by atoms with van der Waals surface area (Å²) in [5.41, 5.74) is 5.44. The highest BCUT2D eigenvalue weighted by molar-refractivity contribution is 7.99. The first-order valence-corrected chi connectivity index (χ1v) is 5.76. The molecule has 0 bridgehead atoms. The van der Waals surface area contributed by atoms with E-state index in [1.165, 1.54) is 18.5 Å². The molecule has 0 unspecified atom stereocenters. The average molecular weight is 266 g/mol. The summed E-state index contributed by atoms with van der Waals surface area (Å²) in [5.74, 6) is -2.47. The Morgan fingerprint density at radius 2 is 2.00 bits per heavy atom. The maximum absolute atomic E-state index is 13.0. The molecule has 0 aliphatic heterocycles. The van der Waals surface area contributed by atoms with Gasteiger partial charge >= 0.3 is 0 Å². The molecule has 0 fully saturated rings. The molecule has 0 saturated heterocycles. The maximum Gasteiger partial charge on any atom is 0.251 e. The lowest BCUT2D eigenvalue weighted by molar-refractivity contribution is 0.0997. The SMILES string of the molecule is NC(=O)c1cnccc1Sc1ccc(F)c(F)c1. The van der Waals surface area contributed by atoms with Crippen LogP contribution in [0.4, 0.5) is 8.78 Å². The molecule has 0 aliphatic rings. The van der Waals surface area contributed by atoms with Crippen molar-refractivity contribution in [2.75, 3.05) is 0 Å². The van der Waals surface area contributed by atoms with Crippen LogP contribution >= 0.6 is 11.8 Å². The molecule has 3 nitrogen and oxygen atoms in total. The number of rotatable bonds is 3. The van der Waals surface area contributed by atoms with Crippen LogP contribution in [-0.2, 0) is 0 Å². The zero-order chi connectivity index (χ0) is 13.1. The van der Waals surface area contributed by atoms with Gasteiger partial charge in [-0.2, -0.15) is 0 Å². The summed E-state index contributed by atoms with van der Waals surface area (Å²) in [7, 11) is 0. The Kier molecular flexibility index (Phi) is 3.57. The molecule has 2 aromatic rings. The monoisotopic (exact) mass is 266 g/mol. The zero-order valence-corrected chi connectivity index (χ0v) is 9.88. The minimum atomic E-state index is -0.935. The molecule has 0 aliphatic carbocycles. The number of amides is 1. The van der Waals surface area contributed by atoms with Crippen LogP contribution in [0.3, 0.4) is 0 Å². The Hall–Kier alpha value is -1.95. The first-order chi connectivity index (χ1) is 8.58. The molecule has 0 radical (unpaired) electrons. The number of nitrogens with zero attached hydrogens (tertiary/aromatic N) is 1. The molecule has 6 heteroatoms. The highest BCUT2D eigenvalue weighted by Crippen LogP contribution is 2.30. The van der Waals surface area contributed by atoms with Crippen LogP contribution in [0.1, 0.15) is 10.4 Å². The second kappa shape index (κ2) is 5.14.